The van der Waals surface area contributed by atoms with Crippen LogP contribution in [-0.2, 0) is 14.3 Å². The molecule has 0 spiro atoms. The van der Waals surface area contributed by atoms with Crippen LogP contribution < -0.4 is 11.2 Å². The summed E-state index contributed by atoms with van der Waals surface area (Å²) in [6.45, 7) is 0.348. The van der Waals surface area contributed by atoms with Crippen molar-refractivity contribution in [3.05, 3.63) is 35.9 Å². The van der Waals surface area contributed by atoms with Crippen molar-refractivity contribution >= 4 is 0 Å². The number of hydrogen-bond acceptors (Lipinski definition) is 6. The van der Waals surface area contributed by atoms with Crippen molar-refractivity contribution in [2.45, 2.75) is 30.8 Å². The lowest BCUT2D eigenvalue weighted by Gasteiger charge is -2.43. The van der Waals surface area contributed by atoms with Crippen LogP contribution in [0.15, 0.2) is 30.3 Å². The smallest absolute Gasteiger partial charge is 0.184 e. The summed E-state index contributed by atoms with van der Waals surface area (Å²) < 4.78 is 11.3. The highest BCUT2D eigenvalue weighted by atomic mass is 16.7. The summed E-state index contributed by atoms with van der Waals surface area (Å²) >= 11 is 0. The number of nitrogens with two attached hydrogens (primary N) is 1. The van der Waals surface area contributed by atoms with Gasteiger partial charge in [0.15, 0.2) is 6.29 Å². The van der Waals surface area contributed by atoms with E-state index in [1.54, 1.807) is 0 Å². The Hall–Kier alpha value is -1.02. The molecule has 0 bridgehead atoms. The number of nitrogens with one attached hydrogen (secondary N) is 1. The van der Waals surface area contributed by atoms with E-state index in [1.165, 1.54) is 0 Å². The molecule has 2 aliphatic heterocycles. The van der Waals surface area contributed by atoms with Crippen LogP contribution in [-0.4, -0.2) is 36.2 Å². The van der Waals surface area contributed by atoms with E-state index in [1.807, 2.05) is 30.3 Å². The molecule has 2 aliphatic rings. The highest BCUT2D eigenvalue weighted by molar-refractivity contribution is 5.16. The fraction of sp³-hybridized carbons (Fsp3) is 0.500. The SMILES string of the molecule is NC1NOC2COC(c3ccccc3)OC2C1O. The second-order valence-electron chi connectivity index (χ2n) is 4.47. The zero-order valence-electron chi connectivity index (χ0n) is 9.73. The van der Waals surface area contributed by atoms with Crippen molar-refractivity contribution in [3.8, 4) is 0 Å². The van der Waals surface area contributed by atoms with Gasteiger partial charge in [0.2, 0.25) is 0 Å². The Morgan fingerprint density at radius 2 is 2.06 bits per heavy atom. The van der Waals surface area contributed by atoms with Crippen molar-refractivity contribution in [1.29, 1.82) is 0 Å². The van der Waals surface area contributed by atoms with Crippen LogP contribution in [0.2, 0.25) is 0 Å². The number of aliphatic hydroxyl groups is 1. The second kappa shape index (κ2) is 4.93. The van der Waals surface area contributed by atoms with Crippen LogP contribution in [0.5, 0.6) is 0 Å². The third-order valence-corrected chi connectivity index (χ3v) is 3.19. The average molecular weight is 252 g/mol. The molecular weight excluding hydrogens is 236 g/mol. The van der Waals surface area contributed by atoms with Gasteiger partial charge >= 0.3 is 0 Å². The monoisotopic (exact) mass is 252 g/mol. The van der Waals surface area contributed by atoms with Crippen molar-refractivity contribution in [1.82, 2.24) is 5.48 Å². The van der Waals surface area contributed by atoms with Crippen molar-refractivity contribution in [2.75, 3.05) is 6.61 Å². The molecule has 0 aromatic heterocycles. The standard InChI is InChI=1S/C12H16N2O4/c13-11-9(15)10-8(18-14-11)6-16-12(17-10)7-4-2-1-3-5-7/h1-5,8-12,14-15H,6,13H2. The van der Waals surface area contributed by atoms with Crippen molar-refractivity contribution in [3.63, 3.8) is 0 Å². The van der Waals surface area contributed by atoms with E-state index in [9.17, 15) is 5.11 Å². The molecule has 4 N–H and O–H groups in total. The maximum atomic E-state index is 9.99. The molecule has 3 rings (SSSR count). The summed E-state index contributed by atoms with van der Waals surface area (Å²) in [5.41, 5.74) is 9.13. The molecule has 0 amide bonds. The van der Waals surface area contributed by atoms with Crippen molar-refractivity contribution in [2.24, 2.45) is 5.73 Å². The lowest BCUT2D eigenvalue weighted by atomic mass is 10.0. The van der Waals surface area contributed by atoms with E-state index in [2.05, 4.69) is 5.48 Å². The van der Waals surface area contributed by atoms with Gasteiger partial charge < -0.3 is 20.3 Å². The van der Waals surface area contributed by atoms with Crippen LogP contribution in [0, 0.1) is 0 Å². The second-order valence-corrected chi connectivity index (χ2v) is 4.47. The van der Waals surface area contributed by atoms with Crippen LogP contribution in [0.25, 0.3) is 0 Å². The molecule has 6 nitrogen and oxygen atoms in total. The van der Waals surface area contributed by atoms with Crippen molar-refractivity contribution < 1.29 is 19.4 Å². The molecule has 98 valence electrons. The molecular formula is C12H16N2O4. The fourth-order valence-electron chi connectivity index (χ4n) is 2.17. The third-order valence-electron chi connectivity index (χ3n) is 3.19. The van der Waals surface area contributed by atoms with Crippen LogP contribution in [0.3, 0.4) is 0 Å². The summed E-state index contributed by atoms with van der Waals surface area (Å²) in [6, 6.07) is 9.58. The Morgan fingerprint density at radius 3 is 2.83 bits per heavy atom. The molecule has 5 unspecified atom stereocenters. The molecule has 2 fully saturated rings. The van der Waals surface area contributed by atoms with E-state index in [4.69, 9.17) is 20.0 Å². The van der Waals surface area contributed by atoms with Gasteiger partial charge in [-0.15, -0.1) is 0 Å². The molecule has 2 heterocycles. The highest BCUT2D eigenvalue weighted by Crippen LogP contribution is 2.30. The molecule has 2 saturated heterocycles. The van der Waals surface area contributed by atoms with Gasteiger partial charge in [-0.05, 0) is 0 Å². The van der Waals surface area contributed by atoms with Gasteiger partial charge in [-0.25, -0.2) is 0 Å². The number of ether oxygens (including phenoxy) is 2. The summed E-state index contributed by atoms with van der Waals surface area (Å²) in [7, 11) is 0. The minimum absolute atomic E-state index is 0.347. The predicted octanol–water partition coefficient (Wildman–Crippen LogP) is -0.350. The van der Waals surface area contributed by atoms with E-state index in [0.717, 1.165) is 5.56 Å². The molecule has 0 saturated carbocycles. The Labute approximate surface area is 105 Å². The number of rotatable bonds is 1. The third kappa shape index (κ3) is 2.14. The quantitative estimate of drug-likeness (QED) is 0.633. The lowest BCUT2D eigenvalue weighted by molar-refractivity contribution is -0.319. The molecule has 6 heteroatoms. The van der Waals surface area contributed by atoms with Gasteiger partial charge in [-0.1, -0.05) is 30.3 Å². The van der Waals surface area contributed by atoms with Gasteiger partial charge in [0.1, 0.15) is 24.5 Å². The number of benzene rings is 1. The lowest BCUT2D eigenvalue weighted by Crippen LogP contribution is -2.65. The number of hydrogen-bond donors (Lipinski definition) is 3. The summed E-state index contributed by atoms with van der Waals surface area (Å²) in [4.78, 5) is 5.26. The van der Waals surface area contributed by atoms with Gasteiger partial charge in [0.25, 0.3) is 0 Å². The number of hydroxylamine groups is 1. The summed E-state index contributed by atoms with van der Waals surface area (Å²) in [5.74, 6) is 0. The van der Waals surface area contributed by atoms with Gasteiger partial charge in [0, 0.05) is 5.56 Å². The summed E-state index contributed by atoms with van der Waals surface area (Å²) in [6.07, 6.45) is -2.80. The Balaban J connectivity index is 1.75. The molecule has 18 heavy (non-hydrogen) atoms. The Kier molecular flexibility index (Phi) is 3.29. The summed E-state index contributed by atoms with van der Waals surface area (Å²) in [5, 5.41) is 9.99. The van der Waals surface area contributed by atoms with E-state index < -0.39 is 24.7 Å². The zero-order chi connectivity index (χ0) is 12.5. The fourth-order valence-corrected chi connectivity index (χ4v) is 2.17. The zero-order valence-corrected chi connectivity index (χ0v) is 9.73. The first-order valence-electron chi connectivity index (χ1n) is 5.92. The maximum absolute atomic E-state index is 9.99. The number of aliphatic hydroxyl groups excluding tert-OH is 1. The minimum Gasteiger partial charge on any atom is -0.387 e. The molecule has 0 radical (unpaired) electrons. The van der Waals surface area contributed by atoms with Gasteiger partial charge in [0.05, 0.1) is 6.61 Å². The Bertz CT molecular complexity index is 400. The van der Waals surface area contributed by atoms with E-state index >= 15 is 0 Å². The first kappa shape index (κ1) is 12.0. The first-order valence-corrected chi connectivity index (χ1v) is 5.92. The molecule has 0 aliphatic carbocycles. The van der Waals surface area contributed by atoms with E-state index in [0.29, 0.717) is 6.61 Å². The topological polar surface area (TPSA) is 86.0 Å². The molecule has 1 aromatic rings. The van der Waals surface area contributed by atoms with Gasteiger partial charge in [-0.2, -0.15) is 5.48 Å². The predicted molar refractivity (Wildman–Crippen MR) is 62.0 cm³/mol. The van der Waals surface area contributed by atoms with Crippen LogP contribution in [0.4, 0.5) is 0 Å². The maximum Gasteiger partial charge on any atom is 0.184 e. The first-order chi connectivity index (χ1) is 8.75. The van der Waals surface area contributed by atoms with E-state index in [-0.39, 0.29) is 6.10 Å². The number of fused-ring (bicyclic) bond motifs is 1. The van der Waals surface area contributed by atoms with Crippen LogP contribution >= 0.6 is 0 Å². The normalized spacial score (nSPS) is 40.2. The average Bonchev–Trinajstić information content (AvgIpc) is 2.44. The largest absolute Gasteiger partial charge is 0.387 e. The van der Waals surface area contributed by atoms with Gasteiger partial charge in [-0.3, -0.25) is 4.84 Å². The Morgan fingerprint density at radius 1 is 1.28 bits per heavy atom. The highest BCUT2D eigenvalue weighted by Gasteiger charge is 2.44. The minimum atomic E-state index is -0.820. The molecule has 5 atom stereocenters. The van der Waals surface area contributed by atoms with Crippen LogP contribution in [0.1, 0.15) is 11.9 Å². The molecule has 1 aromatic carbocycles.